The van der Waals surface area contributed by atoms with Gasteiger partial charge in [0, 0.05) is 30.7 Å². The average molecular weight is 369 g/mol. The van der Waals surface area contributed by atoms with Gasteiger partial charge in [-0.1, -0.05) is 48.5 Å². The Balaban J connectivity index is 2.09. The SMILES string of the molecule is Cc1ccccc1O[C@H](C(=O)NCCN(C(C)C)C(C)C)c1ccccc1. The molecular weight excluding hydrogens is 336 g/mol. The van der Waals surface area contributed by atoms with Crippen LogP contribution in [0.1, 0.15) is 44.9 Å². The lowest BCUT2D eigenvalue weighted by Gasteiger charge is -2.30. The van der Waals surface area contributed by atoms with Crippen LogP contribution in [0, 0.1) is 6.92 Å². The minimum Gasteiger partial charge on any atom is -0.476 e. The summed E-state index contributed by atoms with van der Waals surface area (Å²) < 4.78 is 6.12. The highest BCUT2D eigenvalue weighted by atomic mass is 16.5. The Hall–Kier alpha value is -2.33. The first-order valence-corrected chi connectivity index (χ1v) is 9.70. The maximum Gasteiger partial charge on any atom is 0.265 e. The summed E-state index contributed by atoms with van der Waals surface area (Å²) in [5.41, 5.74) is 1.86. The van der Waals surface area contributed by atoms with Crippen LogP contribution in [0.25, 0.3) is 0 Å². The van der Waals surface area contributed by atoms with Gasteiger partial charge < -0.3 is 10.1 Å². The molecule has 0 saturated carbocycles. The predicted molar refractivity (Wildman–Crippen MR) is 111 cm³/mol. The molecule has 0 aliphatic heterocycles. The fourth-order valence-electron chi connectivity index (χ4n) is 3.23. The van der Waals surface area contributed by atoms with Crippen LogP contribution in [0.15, 0.2) is 54.6 Å². The molecule has 1 N–H and O–H groups in total. The molecule has 2 aromatic carbocycles. The third-order valence-corrected chi connectivity index (χ3v) is 4.67. The average Bonchev–Trinajstić information content (AvgIpc) is 2.64. The molecule has 0 aromatic heterocycles. The Morgan fingerprint density at radius 1 is 0.963 bits per heavy atom. The number of hydrogen-bond acceptors (Lipinski definition) is 3. The molecule has 0 aliphatic carbocycles. The molecule has 146 valence electrons. The molecule has 4 nitrogen and oxygen atoms in total. The van der Waals surface area contributed by atoms with E-state index in [1.165, 1.54) is 0 Å². The minimum absolute atomic E-state index is 0.114. The van der Waals surface area contributed by atoms with Gasteiger partial charge in [0.25, 0.3) is 5.91 Å². The number of benzene rings is 2. The standard InChI is InChI=1S/C23H32N2O2/c1-17(2)25(18(3)4)16-15-24-23(26)22(20-12-7-6-8-13-20)27-21-14-10-9-11-19(21)5/h6-14,17-18,22H,15-16H2,1-5H3,(H,24,26)/t22-/m0/s1. The van der Waals surface area contributed by atoms with E-state index < -0.39 is 6.10 Å². The summed E-state index contributed by atoms with van der Waals surface area (Å²) in [6.07, 6.45) is -0.668. The summed E-state index contributed by atoms with van der Waals surface area (Å²) in [6.45, 7) is 12.1. The molecule has 4 heteroatoms. The maximum atomic E-state index is 12.9. The number of rotatable bonds is 9. The van der Waals surface area contributed by atoms with Crippen molar-refractivity contribution >= 4 is 5.91 Å². The quantitative estimate of drug-likeness (QED) is 0.715. The number of aryl methyl sites for hydroxylation is 1. The number of nitrogens with zero attached hydrogens (tertiary/aromatic N) is 1. The zero-order valence-electron chi connectivity index (χ0n) is 17.1. The van der Waals surface area contributed by atoms with Gasteiger partial charge in [-0.2, -0.15) is 0 Å². The van der Waals surface area contributed by atoms with Crippen LogP contribution in [0.3, 0.4) is 0 Å². The summed E-state index contributed by atoms with van der Waals surface area (Å²) in [5, 5.41) is 3.06. The van der Waals surface area contributed by atoms with Gasteiger partial charge in [0.15, 0.2) is 0 Å². The lowest BCUT2D eigenvalue weighted by atomic mass is 10.1. The van der Waals surface area contributed by atoms with Crippen LogP contribution < -0.4 is 10.1 Å². The Morgan fingerprint density at radius 2 is 1.56 bits per heavy atom. The molecule has 2 rings (SSSR count). The number of carbonyl (C=O) groups excluding carboxylic acids is 1. The van der Waals surface area contributed by atoms with Crippen LogP contribution >= 0.6 is 0 Å². The number of para-hydroxylation sites is 1. The van der Waals surface area contributed by atoms with Gasteiger partial charge in [0.2, 0.25) is 6.10 Å². The fraction of sp³-hybridized carbons (Fsp3) is 0.435. The highest BCUT2D eigenvalue weighted by Crippen LogP contribution is 2.25. The van der Waals surface area contributed by atoms with Crippen LogP contribution in [0.5, 0.6) is 5.75 Å². The van der Waals surface area contributed by atoms with Crippen molar-refractivity contribution in [1.29, 1.82) is 0 Å². The van der Waals surface area contributed by atoms with Gasteiger partial charge >= 0.3 is 0 Å². The zero-order chi connectivity index (χ0) is 19.8. The van der Waals surface area contributed by atoms with Gasteiger partial charge in [-0.15, -0.1) is 0 Å². The number of hydrogen-bond donors (Lipinski definition) is 1. The number of carbonyl (C=O) groups is 1. The molecule has 0 heterocycles. The smallest absolute Gasteiger partial charge is 0.265 e. The van der Waals surface area contributed by atoms with E-state index in [1.54, 1.807) is 0 Å². The van der Waals surface area contributed by atoms with Crippen molar-refractivity contribution in [2.75, 3.05) is 13.1 Å². The van der Waals surface area contributed by atoms with E-state index in [4.69, 9.17) is 4.74 Å². The second-order valence-corrected chi connectivity index (χ2v) is 7.39. The fourth-order valence-corrected chi connectivity index (χ4v) is 3.23. The summed E-state index contributed by atoms with van der Waals surface area (Å²) in [6, 6.07) is 18.3. The third kappa shape index (κ3) is 6.10. The molecule has 0 aliphatic rings. The van der Waals surface area contributed by atoms with Crippen molar-refractivity contribution in [2.45, 2.75) is 52.8 Å². The maximum absolute atomic E-state index is 12.9. The first kappa shape index (κ1) is 21.0. The first-order valence-electron chi connectivity index (χ1n) is 9.70. The summed E-state index contributed by atoms with van der Waals surface area (Å²) in [5.74, 6) is 0.615. The Bertz CT molecular complexity index is 705. The van der Waals surface area contributed by atoms with Crippen LogP contribution in [0.2, 0.25) is 0 Å². The molecule has 0 fully saturated rings. The van der Waals surface area contributed by atoms with Gasteiger partial charge in [0.1, 0.15) is 5.75 Å². The summed E-state index contributed by atoms with van der Waals surface area (Å²) >= 11 is 0. The minimum atomic E-state index is -0.668. The molecule has 0 spiro atoms. The van der Waals surface area contributed by atoms with E-state index in [2.05, 4.69) is 37.9 Å². The molecule has 2 aromatic rings. The second-order valence-electron chi connectivity index (χ2n) is 7.39. The number of ether oxygens (including phenoxy) is 1. The van der Waals surface area contributed by atoms with Crippen molar-refractivity contribution in [1.82, 2.24) is 10.2 Å². The molecule has 0 bridgehead atoms. The van der Waals surface area contributed by atoms with Crippen LogP contribution in [-0.4, -0.2) is 36.0 Å². The Morgan fingerprint density at radius 3 is 2.15 bits per heavy atom. The number of nitrogens with one attached hydrogen (secondary N) is 1. The largest absolute Gasteiger partial charge is 0.476 e. The van der Waals surface area contributed by atoms with Crippen molar-refractivity contribution in [3.8, 4) is 5.75 Å². The van der Waals surface area contributed by atoms with E-state index >= 15 is 0 Å². The number of amides is 1. The monoisotopic (exact) mass is 368 g/mol. The Kier molecular flexibility index (Phi) is 7.86. The van der Waals surface area contributed by atoms with Crippen molar-refractivity contribution < 1.29 is 9.53 Å². The second kappa shape index (κ2) is 10.1. The van der Waals surface area contributed by atoms with Crippen molar-refractivity contribution in [3.63, 3.8) is 0 Å². The van der Waals surface area contributed by atoms with E-state index in [0.29, 0.717) is 18.6 Å². The lowest BCUT2D eigenvalue weighted by molar-refractivity contribution is -0.128. The van der Waals surface area contributed by atoms with Crippen LogP contribution in [-0.2, 0) is 4.79 Å². The lowest BCUT2D eigenvalue weighted by Crippen LogP contribution is -2.43. The highest BCUT2D eigenvalue weighted by Gasteiger charge is 2.23. The van der Waals surface area contributed by atoms with Crippen molar-refractivity contribution in [3.05, 3.63) is 65.7 Å². The van der Waals surface area contributed by atoms with Gasteiger partial charge in [-0.3, -0.25) is 9.69 Å². The Labute approximate surface area is 163 Å². The highest BCUT2D eigenvalue weighted by molar-refractivity contribution is 5.82. The molecule has 0 radical (unpaired) electrons. The molecule has 1 amide bonds. The first-order chi connectivity index (χ1) is 12.9. The normalized spacial score (nSPS) is 12.4. The molecule has 0 unspecified atom stereocenters. The van der Waals surface area contributed by atoms with Gasteiger partial charge in [-0.25, -0.2) is 0 Å². The van der Waals surface area contributed by atoms with E-state index in [1.807, 2.05) is 61.5 Å². The molecular formula is C23H32N2O2. The van der Waals surface area contributed by atoms with E-state index in [-0.39, 0.29) is 5.91 Å². The topological polar surface area (TPSA) is 41.6 Å². The van der Waals surface area contributed by atoms with E-state index in [0.717, 1.165) is 23.4 Å². The molecule has 27 heavy (non-hydrogen) atoms. The molecule has 1 atom stereocenters. The van der Waals surface area contributed by atoms with Crippen LogP contribution in [0.4, 0.5) is 0 Å². The summed E-state index contributed by atoms with van der Waals surface area (Å²) in [7, 11) is 0. The third-order valence-electron chi connectivity index (χ3n) is 4.67. The summed E-state index contributed by atoms with van der Waals surface area (Å²) in [4.78, 5) is 15.3. The van der Waals surface area contributed by atoms with Gasteiger partial charge in [0.05, 0.1) is 0 Å². The van der Waals surface area contributed by atoms with Crippen molar-refractivity contribution in [2.24, 2.45) is 0 Å². The zero-order valence-corrected chi connectivity index (χ0v) is 17.1. The van der Waals surface area contributed by atoms with E-state index in [9.17, 15) is 4.79 Å². The predicted octanol–water partition coefficient (Wildman–Crippen LogP) is 4.35. The molecule has 0 saturated heterocycles. The van der Waals surface area contributed by atoms with Gasteiger partial charge in [-0.05, 0) is 46.2 Å².